The van der Waals surface area contributed by atoms with Gasteiger partial charge in [-0.2, -0.15) is 5.10 Å². The number of hydrogen-bond acceptors (Lipinski definition) is 4. The lowest BCUT2D eigenvalue weighted by Gasteiger charge is -2.22. The molecule has 24 heavy (non-hydrogen) atoms. The highest BCUT2D eigenvalue weighted by Gasteiger charge is 2.42. The molecule has 2 heterocycles. The van der Waals surface area contributed by atoms with Crippen molar-refractivity contribution in [3.05, 3.63) is 48.0 Å². The number of benzene rings is 1. The molecule has 0 bridgehead atoms. The molecule has 2 fully saturated rings. The summed E-state index contributed by atoms with van der Waals surface area (Å²) in [7, 11) is 0. The van der Waals surface area contributed by atoms with Gasteiger partial charge < -0.3 is 9.84 Å². The molecule has 4 atom stereocenters. The van der Waals surface area contributed by atoms with Crippen LogP contribution in [0.5, 0.6) is 5.75 Å². The second kappa shape index (κ2) is 6.53. The van der Waals surface area contributed by atoms with Crippen LogP contribution in [0.15, 0.2) is 36.7 Å². The third-order valence-corrected chi connectivity index (χ3v) is 5.24. The average molecular weight is 331 g/mol. The van der Waals surface area contributed by atoms with Crippen LogP contribution >= 0.6 is 0 Å². The molecule has 1 saturated heterocycles. The lowest BCUT2D eigenvalue weighted by molar-refractivity contribution is 0.116. The molecule has 1 unspecified atom stereocenters. The molecule has 4 rings (SSSR count). The summed E-state index contributed by atoms with van der Waals surface area (Å²) in [5, 5.41) is 16.9. The quantitative estimate of drug-likeness (QED) is 0.883. The number of aliphatic hydroxyl groups is 1. The third kappa shape index (κ3) is 3.30. The SMILES string of the molecule is OC(CN1C[C@H]2C[C@H](Oc3ccc(F)cc3)C[C@H]2C1)c1cn[nH]c1. The van der Waals surface area contributed by atoms with Crippen molar-refractivity contribution in [3.63, 3.8) is 0 Å². The Morgan fingerprint density at radius 2 is 1.96 bits per heavy atom. The van der Waals surface area contributed by atoms with Gasteiger partial charge in [0.15, 0.2) is 0 Å². The fraction of sp³-hybridized carbons (Fsp3) is 0.500. The van der Waals surface area contributed by atoms with Crippen molar-refractivity contribution in [2.75, 3.05) is 19.6 Å². The molecule has 1 aromatic carbocycles. The molecular weight excluding hydrogens is 309 g/mol. The maximum atomic E-state index is 12.9. The van der Waals surface area contributed by atoms with Gasteiger partial charge in [0.1, 0.15) is 11.6 Å². The van der Waals surface area contributed by atoms with Crippen molar-refractivity contribution < 1.29 is 14.2 Å². The van der Waals surface area contributed by atoms with Gasteiger partial charge in [0, 0.05) is 31.4 Å². The zero-order valence-electron chi connectivity index (χ0n) is 13.4. The van der Waals surface area contributed by atoms with Gasteiger partial charge in [0.05, 0.1) is 18.4 Å². The summed E-state index contributed by atoms with van der Waals surface area (Å²) in [4.78, 5) is 2.33. The fourth-order valence-electron chi connectivity index (χ4n) is 4.09. The van der Waals surface area contributed by atoms with E-state index in [2.05, 4.69) is 15.1 Å². The Morgan fingerprint density at radius 1 is 1.25 bits per heavy atom. The van der Waals surface area contributed by atoms with E-state index in [-0.39, 0.29) is 11.9 Å². The van der Waals surface area contributed by atoms with E-state index in [0.717, 1.165) is 37.2 Å². The first-order chi connectivity index (χ1) is 11.7. The Hall–Kier alpha value is -1.92. The van der Waals surface area contributed by atoms with Gasteiger partial charge in [-0.15, -0.1) is 0 Å². The van der Waals surface area contributed by atoms with Crippen LogP contribution in [0.4, 0.5) is 4.39 Å². The number of nitrogens with one attached hydrogen (secondary N) is 1. The Morgan fingerprint density at radius 3 is 2.58 bits per heavy atom. The first-order valence-corrected chi connectivity index (χ1v) is 8.48. The Bertz CT molecular complexity index is 647. The molecule has 1 saturated carbocycles. The number of nitrogens with zero attached hydrogens (tertiary/aromatic N) is 2. The van der Waals surface area contributed by atoms with Crippen molar-refractivity contribution in [1.82, 2.24) is 15.1 Å². The summed E-state index contributed by atoms with van der Waals surface area (Å²) >= 11 is 0. The number of halogens is 1. The highest BCUT2D eigenvalue weighted by atomic mass is 19.1. The highest BCUT2D eigenvalue weighted by Crippen LogP contribution is 2.40. The summed E-state index contributed by atoms with van der Waals surface area (Å²) in [6.07, 6.45) is 5.20. The molecule has 5 nitrogen and oxygen atoms in total. The number of aliphatic hydroxyl groups excluding tert-OH is 1. The maximum Gasteiger partial charge on any atom is 0.123 e. The smallest absolute Gasteiger partial charge is 0.123 e. The van der Waals surface area contributed by atoms with Gasteiger partial charge in [-0.05, 0) is 48.9 Å². The van der Waals surface area contributed by atoms with E-state index in [1.54, 1.807) is 24.5 Å². The predicted molar refractivity (Wildman–Crippen MR) is 87.0 cm³/mol. The van der Waals surface area contributed by atoms with Gasteiger partial charge in [-0.3, -0.25) is 10.00 Å². The molecule has 2 aromatic rings. The minimum atomic E-state index is -0.492. The van der Waals surface area contributed by atoms with Gasteiger partial charge >= 0.3 is 0 Å². The number of likely N-dealkylation sites (tertiary alicyclic amines) is 1. The van der Waals surface area contributed by atoms with Crippen LogP contribution in [-0.2, 0) is 0 Å². The van der Waals surface area contributed by atoms with Gasteiger partial charge in [-0.1, -0.05) is 0 Å². The second-order valence-electron chi connectivity index (χ2n) is 6.95. The van der Waals surface area contributed by atoms with Crippen LogP contribution in [0.3, 0.4) is 0 Å². The van der Waals surface area contributed by atoms with Gasteiger partial charge in [0.2, 0.25) is 0 Å². The first kappa shape index (κ1) is 15.6. The summed E-state index contributed by atoms with van der Waals surface area (Å²) in [6, 6.07) is 6.25. The number of H-pyrrole nitrogens is 1. The van der Waals surface area contributed by atoms with E-state index in [4.69, 9.17) is 4.74 Å². The summed E-state index contributed by atoms with van der Waals surface area (Å²) < 4.78 is 18.9. The third-order valence-electron chi connectivity index (χ3n) is 5.24. The summed E-state index contributed by atoms with van der Waals surface area (Å²) in [5.74, 6) is 1.74. The lowest BCUT2D eigenvalue weighted by atomic mass is 10.0. The molecule has 1 aliphatic carbocycles. The molecule has 2 N–H and O–H groups in total. The van der Waals surface area contributed by atoms with Crippen molar-refractivity contribution in [3.8, 4) is 5.75 Å². The normalized spacial score (nSPS) is 28.0. The molecule has 0 radical (unpaired) electrons. The topological polar surface area (TPSA) is 61.4 Å². The average Bonchev–Trinajstić information content (AvgIpc) is 3.25. The number of aromatic nitrogens is 2. The molecular formula is C18H22FN3O2. The predicted octanol–water partition coefficient (Wildman–Crippen LogP) is 2.37. The molecule has 1 aromatic heterocycles. The molecule has 0 amide bonds. The molecule has 2 aliphatic rings. The number of ether oxygens (including phenoxy) is 1. The zero-order chi connectivity index (χ0) is 16.5. The second-order valence-corrected chi connectivity index (χ2v) is 6.95. The molecule has 0 spiro atoms. The fourth-order valence-corrected chi connectivity index (χ4v) is 4.09. The number of hydrogen-bond donors (Lipinski definition) is 2. The van der Waals surface area contributed by atoms with Crippen molar-refractivity contribution in [2.45, 2.75) is 25.0 Å². The van der Waals surface area contributed by atoms with E-state index in [9.17, 15) is 9.50 Å². The van der Waals surface area contributed by atoms with E-state index in [1.165, 1.54) is 12.1 Å². The van der Waals surface area contributed by atoms with E-state index >= 15 is 0 Å². The van der Waals surface area contributed by atoms with Crippen LogP contribution in [-0.4, -0.2) is 45.9 Å². The van der Waals surface area contributed by atoms with E-state index in [0.29, 0.717) is 18.4 Å². The van der Waals surface area contributed by atoms with Crippen LogP contribution in [0.1, 0.15) is 24.5 Å². The van der Waals surface area contributed by atoms with Crippen LogP contribution < -0.4 is 4.74 Å². The standard InChI is InChI=1S/C18H22FN3O2/c19-15-1-3-16(4-2-15)24-17-5-12-9-22(10-13(12)6-17)11-18(23)14-7-20-21-8-14/h1-4,7-8,12-13,17-18,23H,5-6,9-11H2,(H,20,21)/t12-,13+,17+,18?. The number of rotatable bonds is 5. The Labute approximate surface area is 140 Å². The molecule has 6 heteroatoms. The van der Waals surface area contributed by atoms with Crippen molar-refractivity contribution >= 4 is 0 Å². The van der Waals surface area contributed by atoms with Crippen molar-refractivity contribution in [1.29, 1.82) is 0 Å². The Kier molecular flexibility index (Phi) is 4.24. The number of fused-ring (bicyclic) bond motifs is 1. The highest BCUT2D eigenvalue weighted by molar-refractivity contribution is 5.22. The van der Waals surface area contributed by atoms with Gasteiger partial charge in [0.25, 0.3) is 0 Å². The molecule has 128 valence electrons. The largest absolute Gasteiger partial charge is 0.490 e. The van der Waals surface area contributed by atoms with Crippen LogP contribution in [0.2, 0.25) is 0 Å². The van der Waals surface area contributed by atoms with Crippen LogP contribution in [0.25, 0.3) is 0 Å². The van der Waals surface area contributed by atoms with Gasteiger partial charge in [-0.25, -0.2) is 4.39 Å². The lowest BCUT2D eigenvalue weighted by Crippen LogP contribution is -2.28. The minimum absolute atomic E-state index is 0.214. The first-order valence-electron chi connectivity index (χ1n) is 8.48. The zero-order valence-corrected chi connectivity index (χ0v) is 13.4. The van der Waals surface area contributed by atoms with Crippen LogP contribution in [0, 0.1) is 17.7 Å². The molecule has 1 aliphatic heterocycles. The monoisotopic (exact) mass is 331 g/mol. The Balaban J connectivity index is 1.28. The van der Waals surface area contributed by atoms with E-state index < -0.39 is 6.10 Å². The van der Waals surface area contributed by atoms with E-state index in [1.807, 2.05) is 0 Å². The number of β-amino-alcohol motifs (C(OH)–C–C–N with tert-alkyl or cyclic N) is 1. The minimum Gasteiger partial charge on any atom is -0.490 e. The maximum absolute atomic E-state index is 12.9. The summed E-state index contributed by atoms with van der Waals surface area (Å²) in [6.45, 7) is 2.65. The number of aromatic amines is 1. The van der Waals surface area contributed by atoms with Crippen molar-refractivity contribution in [2.24, 2.45) is 11.8 Å². The summed E-state index contributed by atoms with van der Waals surface area (Å²) in [5.41, 5.74) is 0.838.